The lowest BCUT2D eigenvalue weighted by Crippen LogP contribution is -2.68. The minimum Gasteiger partial charge on any atom is -0.379 e. The van der Waals surface area contributed by atoms with Gasteiger partial charge in [0.15, 0.2) is 5.72 Å². The van der Waals surface area contributed by atoms with Crippen molar-refractivity contribution < 1.29 is 57.2 Å². The molecule has 6 aliphatic heterocycles. The number of methoxy groups -OCH3 is 1. The standard InChI is InChI=1S/C56H63N9O12/c1-55-50(72-3)41(31-56(57,77-55)65-38-13-7-5-10-34(38)46-47-36(32-58-52(47)69)44-33-9-4-6-12-37(33)64(55)48(44)49(46)65)60(2)43(67)17-23-73-25-27-75-29-30-76-28-26-74-24-22-61-18-20-62(21-19-61)39-14-8-11-35-45(39)54(71)63(53(35)70)40-15-16-42(66)59-51(40)68/h4-14,40-41,50H,15-32,57H2,1-3H3,(H,58,69)(H,59,66,68)/t40?,41-,50-,55+,56+/m1/s1. The average molecular weight is 1050 g/mol. The first-order valence-electron chi connectivity index (χ1n) is 26.5. The second-order valence-electron chi connectivity index (χ2n) is 20.8. The van der Waals surface area contributed by atoms with Crippen LogP contribution in [0.5, 0.6) is 0 Å². The van der Waals surface area contributed by atoms with Crippen molar-refractivity contribution in [2.75, 3.05) is 105 Å². The number of para-hydroxylation sites is 2. The Labute approximate surface area is 443 Å². The van der Waals surface area contributed by atoms with Crippen LogP contribution in [-0.4, -0.2) is 177 Å². The summed E-state index contributed by atoms with van der Waals surface area (Å²) >= 11 is 0. The van der Waals surface area contributed by atoms with E-state index in [0.29, 0.717) is 82.7 Å². The third kappa shape index (κ3) is 8.37. The quantitative estimate of drug-likeness (QED) is 0.0781. The van der Waals surface area contributed by atoms with Crippen molar-refractivity contribution >= 4 is 84.7 Å². The largest absolute Gasteiger partial charge is 0.379 e. The Kier molecular flexibility index (Phi) is 13.4. The summed E-state index contributed by atoms with van der Waals surface area (Å²) in [4.78, 5) is 86.1. The summed E-state index contributed by atoms with van der Waals surface area (Å²) in [5.74, 6) is -3.76. The third-order valence-corrected chi connectivity index (χ3v) is 16.5. The number of carbonyl (C=O) groups is 6. The van der Waals surface area contributed by atoms with Crippen LogP contribution in [0.2, 0.25) is 0 Å². The average Bonchev–Trinajstić information content (AvgIpc) is 4.35. The lowest BCUT2D eigenvalue weighted by Gasteiger charge is -2.54. The van der Waals surface area contributed by atoms with Gasteiger partial charge in [-0.05, 0) is 43.2 Å². The highest BCUT2D eigenvalue weighted by Crippen LogP contribution is 2.55. The van der Waals surface area contributed by atoms with Gasteiger partial charge < -0.3 is 48.1 Å². The summed E-state index contributed by atoms with van der Waals surface area (Å²) in [5.41, 5.74) is 12.7. The van der Waals surface area contributed by atoms with E-state index in [-0.39, 0.29) is 49.7 Å². The van der Waals surface area contributed by atoms with Crippen molar-refractivity contribution in [3.05, 3.63) is 89.0 Å². The number of hydrogen-bond acceptors (Lipinski definition) is 15. The number of piperazine rings is 1. The molecule has 8 heterocycles. The van der Waals surface area contributed by atoms with Crippen LogP contribution in [0.15, 0.2) is 66.7 Å². The number of fused-ring (bicyclic) bond motifs is 14. The number of rotatable bonds is 19. The fraction of sp³-hybridized carbons (Fsp3) is 0.464. The minimum absolute atomic E-state index is 0.0704. The molecule has 6 aromatic rings. The normalized spacial score (nSPS) is 24.2. The SMILES string of the molecule is CO[C@@H]1[C@H](N(C)C(=O)CCOCCOCCOCCOCCN2CCN(c3cccc4c3C(=O)N(C3CCC(=O)NC3=O)C4=O)CC2)C[C@@]2(N)O[C@]1(C)n1c3ccccc3c3c4c(c5c6ccccc6n2c5c31)C(=O)NC4. The molecule has 6 aliphatic rings. The van der Waals surface area contributed by atoms with E-state index < -0.39 is 53.4 Å². The number of imide groups is 2. The Hall–Kier alpha value is -6.82. The van der Waals surface area contributed by atoms with Gasteiger partial charge in [-0.15, -0.1) is 0 Å². The summed E-state index contributed by atoms with van der Waals surface area (Å²) in [6.45, 7) is 8.87. The molecule has 0 radical (unpaired) electrons. The van der Waals surface area contributed by atoms with Crippen LogP contribution in [0.4, 0.5) is 5.69 Å². The topological polar surface area (TPSA) is 231 Å². The van der Waals surface area contributed by atoms with E-state index in [4.69, 9.17) is 34.2 Å². The molecule has 77 heavy (non-hydrogen) atoms. The van der Waals surface area contributed by atoms with Crippen LogP contribution in [0.25, 0.3) is 43.6 Å². The van der Waals surface area contributed by atoms with E-state index in [9.17, 15) is 28.8 Å². The summed E-state index contributed by atoms with van der Waals surface area (Å²) in [6, 6.07) is 19.8. The van der Waals surface area contributed by atoms with Crippen molar-refractivity contribution in [2.24, 2.45) is 5.73 Å². The summed E-state index contributed by atoms with van der Waals surface area (Å²) in [5, 5.41) is 9.05. The molecule has 5 atom stereocenters. The number of hydrogen-bond donors (Lipinski definition) is 3. The summed E-state index contributed by atoms with van der Waals surface area (Å²) < 4.78 is 41.1. The molecule has 404 valence electrons. The zero-order valence-electron chi connectivity index (χ0n) is 43.5. The molecule has 3 saturated heterocycles. The first-order chi connectivity index (χ1) is 37.3. The monoisotopic (exact) mass is 1050 g/mol. The predicted molar refractivity (Wildman–Crippen MR) is 282 cm³/mol. The van der Waals surface area contributed by atoms with E-state index in [1.807, 2.05) is 49.4 Å². The molecule has 4 aromatic carbocycles. The number of amides is 6. The maximum Gasteiger partial charge on any atom is 0.264 e. The molecule has 0 aliphatic carbocycles. The van der Waals surface area contributed by atoms with Crippen LogP contribution >= 0.6 is 0 Å². The fourth-order valence-electron chi connectivity index (χ4n) is 13.0. The maximum absolute atomic E-state index is 14.1. The third-order valence-electron chi connectivity index (χ3n) is 16.5. The van der Waals surface area contributed by atoms with Gasteiger partial charge in [-0.2, -0.15) is 0 Å². The van der Waals surface area contributed by atoms with Gasteiger partial charge in [0.25, 0.3) is 17.7 Å². The predicted octanol–water partition coefficient (Wildman–Crippen LogP) is 3.34. The second-order valence-corrected chi connectivity index (χ2v) is 20.8. The number of nitrogens with two attached hydrogens (primary N) is 1. The van der Waals surface area contributed by atoms with Gasteiger partial charge in [0.05, 0.1) is 110 Å². The van der Waals surface area contributed by atoms with Gasteiger partial charge in [-0.1, -0.05) is 42.5 Å². The Morgan fingerprint density at radius 1 is 0.766 bits per heavy atom. The Morgan fingerprint density at radius 3 is 2.09 bits per heavy atom. The lowest BCUT2D eigenvalue weighted by atomic mass is 9.89. The zero-order valence-corrected chi connectivity index (χ0v) is 43.5. The number of carbonyl (C=O) groups excluding carboxylic acids is 6. The van der Waals surface area contributed by atoms with Crippen LogP contribution in [0.1, 0.15) is 69.2 Å². The van der Waals surface area contributed by atoms with E-state index >= 15 is 0 Å². The van der Waals surface area contributed by atoms with Gasteiger partial charge in [-0.25, -0.2) is 0 Å². The molecule has 6 amide bonds. The number of ether oxygens (including phenoxy) is 6. The highest BCUT2D eigenvalue weighted by Gasteiger charge is 2.59. The molecule has 4 N–H and O–H groups in total. The fourth-order valence-corrected chi connectivity index (χ4v) is 13.0. The van der Waals surface area contributed by atoms with Crippen molar-refractivity contribution in [1.29, 1.82) is 0 Å². The second kappa shape index (κ2) is 20.2. The Bertz CT molecular complexity index is 3400. The Balaban J connectivity index is 0.580. The Morgan fingerprint density at radius 2 is 1.40 bits per heavy atom. The van der Waals surface area contributed by atoms with Crippen LogP contribution in [0.3, 0.4) is 0 Å². The highest BCUT2D eigenvalue weighted by atomic mass is 16.6. The van der Waals surface area contributed by atoms with Gasteiger partial charge in [0.1, 0.15) is 12.1 Å². The van der Waals surface area contributed by atoms with Gasteiger partial charge in [0, 0.05) is 87.8 Å². The van der Waals surface area contributed by atoms with E-state index in [0.717, 1.165) is 73.7 Å². The van der Waals surface area contributed by atoms with Crippen LogP contribution < -0.4 is 21.3 Å². The first-order valence-corrected chi connectivity index (χ1v) is 26.5. The lowest BCUT2D eigenvalue weighted by molar-refractivity contribution is -0.311. The van der Waals surface area contributed by atoms with Crippen molar-refractivity contribution in [3.63, 3.8) is 0 Å². The molecule has 21 heteroatoms. The molecule has 21 nitrogen and oxygen atoms in total. The molecular formula is C56H63N9O12. The molecular weight excluding hydrogens is 991 g/mol. The van der Waals surface area contributed by atoms with E-state index in [1.54, 1.807) is 31.2 Å². The smallest absolute Gasteiger partial charge is 0.264 e. The summed E-state index contributed by atoms with van der Waals surface area (Å²) in [6.07, 6.45) is -0.134. The van der Waals surface area contributed by atoms with E-state index in [2.05, 4.69) is 41.7 Å². The van der Waals surface area contributed by atoms with Crippen LogP contribution in [-0.2, 0) is 60.9 Å². The number of likely N-dealkylation sites (N-methyl/N-ethyl adjacent to an activating group) is 1. The summed E-state index contributed by atoms with van der Waals surface area (Å²) in [7, 11) is 3.43. The number of nitrogens with zero attached hydrogens (tertiary/aromatic N) is 6. The molecule has 3 fully saturated rings. The van der Waals surface area contributed by atoms with Crippen molar-refractivity contribution in [1.82, 2.24) is 34.5 Å². The van der Waals surface area contributed by atoms with Gasteiger partial charge in [-0.3, -0.25) is 54.2 Å². The zero-order chi connectivity index (χ0) is 53.3. The molecule has 0 saturated carbocycles. The van der Waals surface area contributed by atoms with Crippen molar-refractivity contribution in [3.8, 4) is 0 Å². The number of benzene rings is 4. The first kappa shape index (κ1) is 51.0. The number of aromatic nitrogens is 2. The number of anilines is 1. The number of piperidine rings is 1. The molecule has 2 aromatic heterocycles. The molecule has 1 unspecified atom stereocenters. The maximum atomic E-state index is 14.1. The minimum atomic E-state index is -1.46. The molecule has 0 spiro atoms. The number of nitrogens with one attached hydrogen (secondary N) is 2. The van der Waals surface area contributed by atoms with Crippen LogP contribution in [0, 0.1) is 0 Å². The molecule has 2 bridgehead atoms. The van der Waals surface area contributed by atoms with E-state index in [1.165, 1.54) is 0 Å². The molecule has 12 rings (SSSR count). The highest BCUT2D eigenvalue weighted by molar-refractivity contribution is 6.31. The van der Waals surface area contributed by atoms with Gasteiger partial charge in [0.2, 0.25) is 23.6 Å². The van der Waals surface area contributed by atoms with Crippen molar-refractivity contribution in [2.45, 2.75) is 68.9 Å². The van der Waals surface area contributed by atoms with Gasteiger partial charge >= 0.3 is 0 Å².